The summed E-state index contributed by atoms with van der Waals surface area (Å²) in [6, 6.07) is 19.4. The number of ether oxygens (including phenoxy) is 1. The normalized spacial score (nSPS) is 10.2. The van der Waals surface area contributed by atoms with Gasteiger partial charge in [0.1, 0.15) is 0 Å². The molecule has 2 aromatic carbocycles. The highest BCUT2D eigenvalue weighted by molar-refractivity contribution is 8.00. The van der Waals surface area contributed by atoms with Crippen LogP contribution >= 0.6 is 11.8 Å². The molecule has 0 aliphatic heterocycles. The summed E-state index contributed by atoms with van der Waals surface area (Å²) in [6.45, 7) is 2.63. The molecule has 0 saturated heterocycles. The van der Waals surface area contributed by atoms with Crippen LogP contribution in [-0.4, -0.2) is 30.0 Å². The van der Waals surface area contributed by atoms with Crippen molar-refractivity contribution in [2.24, 2.45) is 0 Å². The molecule has 0 aromatic heterocycles. The fourth-order valence-electron chi connectivity index (χ4n) is 2.20. The van der Waals surface area contributed by atoms with Gasteiger partial charge in [0, 0.05) is 5.69 Å². The molecule has 126 valence electrons. The van der Waals surface area contributed by atoms with Gasteiger partial charge in [0.15, 0.2) is 0 Å². The third-order valence-corrected chi connectivity index (χ3v) is 4.19. The van der Waals surface area contributed by atoms with Gasteiger partial charge in [-0.1, -0.05) is 48.5 Å². The largest absolute Gasteiger partial charge is 0.465 e. The van der Waals surface area contributed by atoms with Crippen LogP contribution in [0, 0.1) is 0 Å². The number of hydrogen-bond acceptors (Lipinski definition) is 4. The minimum absolute atomic E-state index is 0.0284. The first-order valence-electron chi connectivity index (χ1n) is 7.83. The Hall–Kier alpha value is -2.27. The Morgan fingerprint density at radius 3 is 2.21 bits per heavy atom. The molecule has 0 radical (unpaired) electrons. The van der Waals surface area contributed by atoms with Gasteiger partial charge < -0.3 is 9.64 Å². The van der Waals surface area contributed by atoms with Crippen LogP contribution in [0.25, 0.3) is 0 Å². The molecule has 1 amide bonds. The van der Waals surface area contributed by atoms with Gasteiger partial charge in [0.25, 0.3) is 0 Å². The van der Waals surface area contributed by atoms with Crippen molar-refractivity contribution in [3.63, 3.8) is 0 Å². The number of para-hydroxylation sites is 1. The number of benzene rings is 2. The summed E-state index contributed by atoms with van der Waals surface area (Å²) in [5.41, 5.74) is 1.91. The molecule has 2 rings (SSSR count). The monoisotopic (exact) mass is 343 g/mol. The van der Waals surface area contributed by atoms with E-state index in [1.807, 2.05) is 60.7 Å². The molecule has 2 aromatic rings. The zero-order valence-electron chi connectivity index (χ0n) is 13.7. The minimum Gasteiger partial charge on any atom is -0.465 e. The van der Waals surface area contributed by atoms with E-state index in [9.17, 15) is 9.59 Å². The molecule has 0 N–H and O–H groups in total. The molecular weight excluding hydrogens is 322 g/mol. The van der Waals surface area contributed by atoms with Crippen molar-refractivity contribution in [3.8, 4) is 0 Å². The topological polar surface area (TPSA) is 46.6 Å². The van der Waals surface area contributed by atoms with Gasteiger partial charge in [-0.2, -0.15) is 0 Å². The lowest BCUT2D eigenvalue weighted by atomic mass is 10.2. The first-order valence-corrected chi connectivity index (χ1v) is 8.99. The van der Waals surface area contributed by atoms with Crippen molar-refractivity contribution in [3.05, 3.63) is 66.2 Å². The number of anilines is 1. The number of amides is 1. The molecule has 0 bridgehead atoms. The minimum atomic E-state index is -0.287. The standard InChI is InChI=1S/C19H21NO3S/c1-2-23-19(22)15-24-14-18(21)20(17-11-7-4-8-12-17)13-16-9-5-3-6-10-16/h3-12H,2,13-15H2,1H3. The molecule has 0 unspecified atom stereocenters. The highest BCUT2D eigenvalue weighted by atomic mass is 32.2. The molecule has 0 aliphatic carbocycles. The van der Waals surface area contributed by atoms with Crippen LogP contribution in [0.1, 0.15) is 12.5 Å². The van der Waals surface area contributed by atoms with E-state index in [0.29, 0.717) is 13.2 Å². The maximum absolute atomic E-state index is 12.6. The van der Waals surface area contributed by atoms with E-state index in [1.54, 1.807) is 11.8 Å². The number of rotatable bonds is 8. The highest BCUT2D eigenvalue weighted by Crippen LogP contribution is 2.18. The Labute approximate surface area is 146 Å². The van der Waals surface area contributed by atoms with Gasteiger partial charge in [-0.25, -0.2) is 0 Å². The van der Waals surface area contributed by atoms with Crippen LogP contribution in [0.5, 0.6) is 0 Å². The van der Waals surface area contributed by atoms with Crippen molar-refractivity contribution >= 4 is 29.3 Å². The fourth-order valence-corrected chi connectivity index (χ4v) is 2.88. The SMILES string of the molecule is CCOC(=O)CSCC(=O)N(Cc1ccccc1)c1ccccc1. The number of hydrogen-bond donors (Lipinski definition) is 0. The number of carbonyl (C=O) groups excluding carboxylic acids is 2. The van der Waals surface area contributed by atoms with Crippen LogP contribution in [0.2, 0.25) is 0 Å². The van der Waals surface area contributed by atoms with Crippen LogP contribution in [0.4, 0.5) is 5.69 Å². The van der Waals surface area contributed by atoms with E-state index >= 15 is 0 Å². The van der Waals surface area contributed by atoms with Crippen LogP contribution in [0.3, 0.4) is 0 Å². The van der Waals surface area contributed by atoms with Crippen molar-refractivity contribution in [2.75, 3.05) is 23.0 Å². The van der Waals surface area contributed by atoms with Crippen molar-refractivity contribution in [1.82, 2.24) is 0 Å². The molecule has 0 saturated carbocycles. The van der Waals surface area contributed by atoms with Gasteiger partial charge in [0.05, 0.1) is 24.7 Å². The smallest absolute Gasteiger partial charge is 0.315 e. The Balaban J connectivity index is 2.02. The maximum Gasteiger partial charge on any atom is 0.315 e. The first-order chi connectivity index (χ1) is 11.7. The Morgan fingerprint density at radius 1 is 0.958 bits per heavy atom. The second-order valence-corrected chi connectivity index (χ2v) is 6.08. The summed E-state index contributed by atoms with van der Waals surface area (Å²) >= 11 is 1.28. The summed E-state index contributed by atoms with van der Waals surface area (Å²) in [7, 11) is 0. The predicted octanol–water partition coefficient (Wildman–Crippen LogP) is 3.52. The molecule has 0 fully saturated rings. The van der Waals surface area contributed by atoms with Crippen LogP contribution in [-0.2, 0) is 20.9 Å². The summed E-state index contributed by atoms with van der Waals surface area (Å²) in [5, 5.41) is 0. The van der Waals surface area contributed by atoms with E-state index in [-0.39, 0.29) is 23.4 Å². The van der Waals surface area contributed by atoms with Crippen molar-refractivity contribution < 1.29 is 14.3 Å². The molecule has 0 aliphatic rings. The second kappa shape index (κ2) is 9.78. The number of esters is 1. The lowest BCUT2D eigenvalue weighted by Crippen LogP contribution is -2.32. The van der Waals surface area contributed by atoms with E-state index in [2.05, 4.69) is 0 Å². The molecule has 5 heteroatoms. The number of carbonyl (C=O) groups is 2. The number of thioether (sulfide) groups is 1. The van der Waals surface area contributed by atoms with Gasteiger partial charge in [0.2, 0.25) is 5.91 Å². The third kappa shape index (κ3) is 5.74. The van der Waals surface area contributed by atoms with Gasteiger partial charge in [-0.3, -0.25) is 9.59 Å². The van der Waals surface area contributed by atoms with E-state index in [4.69, 9.17) is 4.74 Å². The molecule has 0 atom stereocenters. The number of nitrogens with zero attached hydrogens (tertiary/aromatic N) is 1. The Morgan fingerprint density at radius 2 is 1.58 bits per heavy atom. The van der Waals surface area contributed by atoms with E-state index in [1.165, 1.54) is 11.8 Å². The van der Waals surface area contributed by atoms with Crippen molar-refractivity contribution in [2.45, 2.75) is 13.5 Å². The fraction of sp³-hybridized carbons (Fsp3) is 0.263. The summed E-state index contributed by atoms with van der Waals surface area (Å²) in [4.78, 5) is 25.8. The lowest BCUT2D eigenvalue weighted by Gasteiger charge is -2.23. The molecule has 0 spiro atoms. The zero-order valence-corrected chi connectivity index (χ0v) is 14.5. The molecular formula is C19H21NO3S. The second-order valence-electron chi connectivity index (χ2n) is 5.10. The van der Waals surface area contributed by atoms with Crippen molar-refractivity contribution in [1.29, 1.82) is 0 Å². The zero-order chi connectivity index (χ0) is 17.2. The quantitative estimate of drug-likeness (QED) is 0.688. The summed E-state index contributed by atoms with van der Waals surface area (Å²) < 4.78 is 4.88. The summed E-state index contributed by atoms with van der Waals surface area (Å²) in [5.74, 6) is 0.109. The Bertz CT molecular complexity index is 646. The predicted molar refractivity (Wildman–Crippen MR) is 98.0 cm³/mol. The lowest BCUT2D eigenvalue weighted by molar-refractivity contribution is -0.139. The average molecular weight is 343 g/mol. The van der Waals surface area contributed by atoms with Crippen LogP contribution in [0.15, 0.2) is 60.7 Å². The van der Waals surface area contributed by atoms with Gasteiger partial charge >= 0.3 is 5.97 Å². The first kappa shape index (κ1) is 18.1. The molecule has 4 nitrogen and oxygen atoms in total. The van der Waals surface area contributed by atoms with E-state index < -0.39 is 0 Å². The molecule has 24 heavy (non-hydrogen) atoms. The maximum atomic E-state index is 12.6. The average Bonchev–Trinajstić information content (AvgIpc) is 2.61. The third-order valence-electron chi connectivity index (χ3n) is 3.30. The molecule has 0 heterocycles. The summed E-state index contributed by atoms with van der Waals surface area (Å²) in [6.07, 6.45) is 0. The van der Waals surface area contributed by atoms with Gasteiger partial charge in [-0.05, 0) is 24.6 Å². The van der Waals surface area contributed by atoms with Crippen LogP contribution < -0.4 is 4.90 Å². The van der Waals surface area contributed by atoms with E-state index in [0.717, 1.165) is 11.3 Å². The van der Waals surface area contributed by atoms with Gasteiger partial charge in [-0.15, -0.1) is 11.8 Å². The highest BCUT2D eigenvalue weighted by Gasteiger charge is 2.16. The Kier molecular flexibility index (Phi) is 7.36.